The van der Waals surface area contributed by atoms with Gasteiger partial charge in [-0.2, -0.15) is 20.5 Å². The molecule has 0 aliphatic carbocycles. The number of ketones is 2. The molecule has 4 unspecified atom stereocenters. The summed E-state index contributed by atoms with van der Waals surface area (Å²) >= 11 is 38.3. The van der Waals surface area contributed by atoms with Gasteiger partial charge in [-0.1, -0.05) is 82.8 Å². The maximum Gasteiger partial charge on any atom is 0.258 e. The Morgan fingerprint density at radius 1 is 0.500 bits per heavy atom. The van der Waals surface area contributed by atoms with E-state index in [1.165, 1.54) is 48.5 Å². The van der Waals surface area contributed by atoms with E-state index in [9.17, 15) is 28.8 Å². The first-order chi connectivity index (χ1) is 30.3. The molecule has 0 spiro atoms. The highest BCUT2D eigenvalue weighted by atomic mass is 35.5. The van der Waals surface area contributed by atoms with Gasteiger partial charge >= 0.3 is 0 Å². The molecule has 14 nitrogen and oxygen atoms in total. The van der Waals surface area contributed by atoms with Crippen molar-refractivity contribution >= 4 is 139 Å². The lowest BCUT2D eigenvalue weighted by atomic mass is 10.1. The topological polar surface area (TPSA) is 200 Å². The van der Waals surface area contributed by atoms with Crippen molar-refractivity contribution in [3.05, 3.63) is 139 Å². The van der Waals surface area contributed by atoms with E-state index in [0.717, 1.165) is 25.0 Å². The molecular formula is C44H36Cl6N8O6. The van der Waals surface area contributed by atoms with Crippen LogP contribution in [0.2, 0.25) is 20.1 Å². The standard InChI is InChI=1S/C44H36Cl6N8O6/c1-21(45)25-9-5-11-27(17-25)51-41(61)29-13-7-15-33(37(29)49)55-57-39(23(3)59)43(63)53-35-19-32(48)36(20-31(35)47)54-44(64)40(24(4)60)58-56-34-16-8-14-30(38(34)50)42(62)52-28-12-6-10-26(18-28)22(2)46/h5-22,39-40H,1-4H3,(H,51,61)(H,52,62)(H,53,63)(H,54,64). The Morgan fingerprint density at radius 2 is 0.859 bits per heavy atom. The summed E-state index contributed by atoms with van der Waals surface area (Å²) in [6.45, 7) is 5.83. The molecule has 0 bridgehead atoms. The normalized spacial score (nSPS) is 13.2. The number of Topliss-reactive ketones (excluding diaryl/α,β-unsaturated/α-hetero) is 2. The minimum absolute atomic E-state index is 0.000396. The van der Waals surface area contributed by atoms with Crippen molar-refractivity contribution < 1.29 is 28.8 Å². The van der Waals surface area contributed by atoms with Gasteiger partial charge in [0.15, 0.2) is 11.6 Å². The number of carbonyl (C=O) groups is 6. The predicted molar refractivity (Wildman–Crippen MR) is 252 cm³/mol. The number of nitrogens with one attached hydrogen (secondary N) is 4. The van der Waals surface area contributed by atoms with Gasteiger partial charge in [0.2, 0.25) is 12.1 Å². The number of anilines is 4. The molecular weight excluding hydrogens is 949 g/mol. The fraction of sp³-hybridized carbons (Fsp3) is 0.182. The van der Waals surface area contributed by atoms with Crippen LogP contribution in [0, 0.1) is 0 Å². The van der Waals surface area contributed by atoms with Crippen LogP contribution in [0.25, 0.3) is 0 Å². The molecule has 0 saturated heterocycles. The van der Waals surface area contributed by atoms with Crippen LogP contribution >= 0.6 is 69.6 Å². The molecule has 4 atom stereocenters. The van der Waals surface area contributed by atoms with Crippen molar-refractivity contribution in [3.8, 4) is 0 Å². The average Bonchev–Trinajstić information content (AvgIpc) is 3.23. The smallest absolute Gasteiger partial charge is 0.258 e. The van der Waals surface area contributed by atoms with Gasteiger partial charge in [-0.25, -0.2) is 0 Å². The molecule has 64 heavy (non-hydrogen) atoms. The number of benzene rings is 5. The summed E-state index contributed by atoms with van der Waals surface area (Å²) in [6, 6.07) is 21.8. The molecule has 0 radical (unpaired) electrons. The summed E-state index contributed by atoms with van der Waals surface area (Å²) in [5.41, 5.74) is 2.52. The number of nitrogens with zero attached hydrogens (tertiary/aromatic N) is 4. The zero-order valence-corrected chi connectivity index (χ0v) is 38.6. The number of azo groups is 2. The molecule has 0 fully saturated rings. The van der Waals surface area contributed by atoms with Gasteiger partial charge in [0.1, 0.15) is 11.4 Å². The molecule has 0 aromatic heterocycles. The summed E-state index contributed by atoms with van der Waals surface area (Å²) in [4.78, 5) is 78.1. The Balaban J connectivity index is 1.26. The van der Waals surface area contributed by atoms with E-state index in [1.807, 2.05) is 12.1 Å². The third-order valence-corrected chi connectivity index (χ3v) is 11.0. The zero-order valence-electron chi connectivity index (χ0n) is 34.1. The van der Waals surface area contributed by atoms with E-state index in [1.54, 1.807) is 50.2 Å². The molecule has 5 aromatic rings. The number of alkyl halides is 2. The number of hydrogen-bond acceptors (Lipinski definition) is 10. The first kappa shape index (κ1) is 49.3. The van der Waals surface area contributed by atoms with E-state index in [0.29, 0.717) is 11.4 Å². The second-order valence-electron chi connectivity index (χ2n) is 13.9. The van der Waals surface area contributed by atoms with Gasteiger partial charge in [-0.3, -0.25) is 28.8 Å². The Hall–Kier alpha value is -5.74. The van der Waals surface area contributed by atoms with E-state index in [-0.39, 0.29) is 64.7 Å². The van der Waals surface area contributed by atoms with Gasteiger partial charge < -0.3 is 21.3 Å². The highest BCUT2D eigenvalue weighted by molar-refractivity contribution is 6.39. The second-order valence-corrected chi connectivity index (χ2v) is 16.8. The van der Waals surface area contributed by atoms with Crippen molar-refractivity contribution in [2.45, 2.75) is 50.5 Å². The first-order valence-corrected chi connectivity index (χ1v) is 21.3. The Kier molecular flexibility index (Phi) is 17.1. The molecule has 0 saturated carbocycles. The number of amides is 4. The second kappa shape index (κ2) is 22.2. The predicted octanol–water partition coefficient (Wildman–Crippen LogP) is 12.8. The van der Waals surface area contributed by atoms with Gasteiger partial charge in [0.25, 0.3) is 23.6 Å². The third kappa shape index (κ3) is 12.7. The molecule has 0 aliphatic heterocycles. The van der Waals surface area contributed by atoms with E-state index in [4.69, 9.17) is 69.6 Å². The van der Waals surface area contributed by atoms with Crippen molar-refractivity contribution in [1.82, 2.24) is 0 Å². The molecule has 5 rings (SSSR count). The van der Waals surface area contributed by atoms with E-state index in [2.05, 4.69) is 41.7 Å². The summed E-state index contributed by atoms with van der Waals surface area (Å²) < 4.78 is 0. The first-order valence-electron chi connectivity index (χ1n) is 19.0. The van der Waals surface area contributed by atoms with Gasteiger partial charge in [0.05, 0.1) is 53.3 Å². The molecule has 5 aromatic carbocycles. The van der Waals surface area contributed by atoms with Crippen molar-refractivity contribution in [2.24, 2.45) is 20.5 Å². The van der Waals surface area contributed by atoms with Crippen LogP contribution in [-0.2, 0) is 19.2 Å². The van der Waals surface area contributed by atoms with E-state index < -0.39 is 47.3 Å². The molecule has 20 heteroatoms. The van der Waals surface area contributed by atoms with Crippen molar-refractivity contribution in [2.75, 3.05) is 21.3 Å². The molecule has 4 amide bonds. The number of halogens is 6. The van der Waals surface area contributed by atoms with Gasteiger partial charge in [-0.05, 0) is 99.5 Å². The monoisotopic (exact) mass is 982 g/mol. The van der Waals surface area contributed by atoms with Crippen LogP contribution in [-0.4, -0.2) is 47.3 Å². The Bertz CT molecular complexity index is 2530. The molecule has 4 N–H and O–H groups in total. The summed E-state index contributed by atoms with van der Waals surface area (Å²) in [5.74, 6) is -4.40. The minimum atomic E-state index is -1.69. The fourth-order valence-corrected chi connectivity index (χ4v) is 6.88. The van der Waals surface area contributed by atoms with Crippen LogP contribution < -0.4 is 21.3 Å². The third-order valence-electron chi connectivity index (χ3n) is 9.05. The van der Waals surface area contributed by atoms with Crippen LogP contribution in [0.15, 0.2) is 118 Å². The van der Waals surface area contributed by atoms with Crippen LogP contribution in [0.1, 0.15) is 70.3 Å². The lowest BCUT2D eigenvalue weighted by molar-refractivity contribution is -0.127. The Labute approximate surface area is 397 Å². The minimum Gasteiger partial charge on any atom is -0.322 e. The molecule has 330 valence electrons. The number of carbonyl (C=O) groups excluding carboxylic acids is 6. The zero-order chi connectivity index (χ0) is 46.8. The molecule has 0 aliphatic rings. The number of hydrogen-bond donors (Lipinski definition) is 4. The maximum absolute atomic E-state index is 13.3. The number of rotatable bonds is 16. The summed E-state index contributed by atoms with van der Waals surface area (Å²) in [7, 11) is 0. The summed E-state index contributed by atoms with van der Waals surface area (Å²) in [5, 5.41) is 25.2. The fourth-order valence-electron chi connectivity index (χ4n) is 5.69. The van der Waals surface area contributed by atoms with Crippen LogP contribution in [0.3, 0.4) is 0 Å². The highest BCUT2D eigenvalue weighted by Gasteiger charge is 2.27. The van der Waals surface area contributed by atoms with Crippen LogP contribution in [0.5, 0.6) is 0 Å². The van der Waals surface area contributed by atoms with Crippen molar-refractivity contribution in [1.29, 1.82) is 0 Å². The lowest BCUT2D eigenvalue weighted by Crippen LogP contribution is -2.32. The highest BCUT2D eigenvalue weighted by Crippen LogP contribution is 2.35. The van der Waals surface area contributed by atoms with Gasteiger partial charge in [0, 0.05) is 11.4 Å². The van der Waals surface area contributed by atoms with Crippen LogP contribution in [0.4, 0.5) is 34.1 Å². The van der Waals surface area contributed by atoms with Crippen molar-refractivity contribution in [3.63, 3.8) is 0 Å². The van der Waals surface area contributed by atoms with Gasteiger partial charge in [-0.15, -0.1) is 23.2 Å². The summed E-state index contributed by atoms with van der Waals surface area (Å²) in [6.07, 6.45) is 0. The molecule has 0 heterocycles. The lowest BCUT2D eigenvalue weighted by Gasteiger charge is -2.15. The quantitative estimate of drug-likeness (QED) is 0.0430. The van der Waals surface area contributed by atoms with E-state index >= 15 is 0 Å². The SMILES string of the molecule is CC(=O)C(N=Nc1cccc(C(=O)Nc2cccc(C(C)Cl)c2)c1Cl)C(=O)Nc1cc(Cl)c(NC(=O)C(N=Nc2cccc(C(=O)Nc3cccc(C(C)Cl)c3)c2Cl)C(C)=O)cc1Cl. The maximum atomic E-state index is 13.3. The Morgan fingerprint density at radius 3 is 1.20 bits per heavy atom. The largest absolute Gasteiger partial charge is 0.322 e. The average molecular weight is 986 g/mol.